The van der Waals surface area contributed by atoms with Crippen LogP contribution in [0.25, 0.3) is 0 Å². The lowest BCUT2D eigenvalue weighted by molar-refractivity contribution is 0.407. The molecule has 1 aromatic rings. The average molecular weight is 242 g/mol. The van der Waals surface area contributed by atoms with E-state index in [1.54, 1.807) is 7.11 Å². The van der Waals surface area contributed by atoms with Gasteiger partial charge in [0.2, 0.25) is 0 Å². The zero-order valence-corrected chi connectivity index (χ0v) is 11.1. The first-order valence-electron chi connectivity index (χ1n) is 5.55. The van der Waals surface area contributed by atoms with Gasteiger partial charge in [-0.15, -0.1) is 11.6 Å². The summed E-state index contributed by atoms with van der Waals surface area (Å²) in [6, 6.07) is 6.45. The van der Waals surface area contributed by atoms with Crippen molar-refractivity contribution in [1.29, 1.82) is 0 Å². The molecule has 0 bridgehead atoms. The summed E-state index contributed by atoms with van der Waals surface area (Å²) in [7, 11) is 3.63. The third kappa shape index (κ3) is 2.89. The Hall–Kier alpha value is -0.730. The number of alkyl halides is 1. The summed E-state index contributed by atoms with van der Waals surface area (Å²) in [5.41, 5.74) is 2.44. The Morgan fingerprint density at radius 3 is 2.50 bits per heavy atom. The summed E-state index contributed by atoms with van der Waals surface area (Å²) in [5.74, 6) is 1.96. The van der Waals surface area contributed by atoms with E-state index in [-0.39, 0.29) is 6.04 Å². The van der Waals surface area contributed by atoms with Crippen LogP contribution < -0.4 is 10.1 Å². The molecule has 0 radical (unpaired) electrons. The van der Waals surface area contributed by atoms with Crippen LogP contribution >= 0.6 is 11.6 Å². The molecule has 1 rings (SSSR count). The van der Waals surface area contributed by atoms with Crippen molar-refractivity contribution in [2.24, 2.45) is 0 Å². The maximum Gasteiger partial charge on any atom is 0.122 e. The lowest BCUT2D eigenvalue weighted by atomic mass is 9.97. The fraction of sp³-hybridized carbons (Fsp3) is 0.538. The van der Waals surface area contributed by atoms with Gasteiger partial charge in [0.1, 0.15) is 5.75 Å². The summed E-state index contributed by atoms with van der Waals surface area (Å²) in [5, 5.41) is 3.20. The molecular formula is C13H20ClNO. The quantitative estimate of drug-likeness (QED) is 0.799. The maximum atomic E-state index is 5.91. The Balaban J connectivity index is 3.10. The van der Waals surface area contributed by atoms with Gasteiger partial charge >= 0.3 is 0 Å². The van der Waals surface area contributed by atoms with E-state index < -0.39 is 0 Å². The van der Waals surface area contributed by atoms with E-state index >= 15 is 0 Å². The van der Waals surface area contributed by atoms with Gasteiger partial charge < -0.3 is 10.1 Å². The van der Waals surface area contributed by atoms with Crippen LogP contribution in [-0.2, 0) is 0 Å². The molecule has 0 saturated carbocycles. The largest absolute Gasteiger partial charge is 0.496 e. The van der Waals surface area contributed by atoms with Crippen molar-refractivity contribution in [2.75, 3.05) is 20.0 Å². The van der Waals surface area contributed by atoms with E-state index in [4.69, 9.17) is 16.3 Å². The van der Waals surface area contributed by atoms with Crippen LogP contribution in [0.5, 0.6) is 5.75 Å². The summed E-state index contributed by atoms with van der Waals surface area (Å²) in [6.45, 7) is 4.33. The minimum absolute atomic E-state index is 0.199. The summed E-state index contributed by atoms with van der Waals surface area (Å²) < 4.78 is 5.36. The molecule has 1 N–H and O–H groups in total. The molecule has 0 aliphatic carbocycles. The molecule has 0 aromatic heterocycles. The van der Waals surface area contributed by atoms with Gasteiger partial charge in [0.25, 0.3) is 0 Å². The number of hydrogen-bond acceptors (Lipinski definition) is 2. The van der Waals surface area contributed by atoms with Crippen molar-refractivity contribution in [1.82, 2.24) is 5.32 Å². The third-order valence-corrected chi connectivity index (χ3v) is 3.09. The second kappa shape index (κ2) is 6.12. The smallest absolute Gasteiger partial charge is 0.122 e. The highest BCUT2D eigenvalue weighted by Gasteiger charge is 2.12. The molecule has 1 aromatic carbocycles. The summed E-state index contributed by atoms with van der Waals surface area (Å²) in [4.78, 5) is 0. The average Bonchev–Trinajstić information content (AvgIpc) is 2.30. The predicted octanol–water partition coefficient (Wildman–Crippen LogP) is 3.32. The lowest BCUT2D eigenvalue weighted by Gasteiger charge is -2.18. The molecule has 0 spiro atoms. The van der Waals surface area contributed by atoms with Gasteiger partial charge in [-0.3, -0.25) is 0 Å². The molecule has 1 atom stereocenters. The van der Waals surface area contributed by atoms with Crippen molar-refractivity contribution < 1.29 is 4.74 Å². The zero-order chi connectivity index (χ0) is 12.1. The van der Waals surface area contributed by atoms with Gasteiger partial charge in [-0.2, -0.15) is 0 Å². The number of methoxy groups -OCH3 is 1. The van der Waals surface area contributed by atoms with Crippen molar-refractivity contribution in [3.05, 3.63) is 29.3 Å². The highest BCUT2D eigenvalue weighted by atomic mass is 35.5. The van der Waals surface area contributed by atoms with E-state index in [1.807, 2.05) is 13.1 Å². The van der Waals surface area contributed by atoms with Crippen molar-refractivity contribution in [2.45, 2.75) is 25.8 Å². The van der Waals surface area contributed by atoms with Gasteiger partial charge in [-0.05, 0) is 30.2 Å². The van der Waals surface area contributed by atoms with Gasteiger partial charge in [-0.1, -0.05) is 26.0 Å². The molecule has 0 aliphatic rings. The van der Waals surface area contributed by atoms with Gasteiger partial charge in [-0.25, -0.2) is 0 Å². The number of halogens is 1. The molecule has 0 saturated heterocycles. The van der Waals surface area contributed by atoms with Crippen LogP contribution in [0.3, 0.4) is 0 Å². The summed E-state index contributed by atoms with van der Waals surface area (Å²) >= 11 is 5.91. The topological polar surface area (TPSA) is 21.3 Å². The molecule has 90 valence electrons. The number of ether oxygens (including phenoxy) is 1. The van der Waals surface area contributed by atoms with Crippen LogP contribution in [0, 0.1) is 0 Å². The first-order valence-corrected chi connectivity index (χ1v) is 6.08. The van der Waals surface area contributed by atoms with Crippen LogP contribution in [0.15, 0.2) is 18.2 Å². The van der Waals surface area contributed by atoms with Crippen LogP contribution in [0.4, 0.5) is 0 Å². The van der Waals surface area contributed by atoms with E-state index in [9.17, 15) is 0 Å². The highest BCUT2D eigenvalue weighted by Crippen LogP contribution is 2.29. The first kappa shape index (κ1) is 13.3. The highest BCUT2D eigenvalue weighted by molar-refractivity contribution is 6.18. The molecule has 0 amide bonds. The second-order valence-electron chi connectivity index (χ2n) is 4.15. The van der Waals surface area contributed by atoms with Crippen LogP contribution in [0.2, 0.25) is 0 Å². The molecule has 0 fully saturated rings. The Kier molecular flexibility index (Phi) is 5.10. The van der Waals surface area contributed by atoms with E-state index in [0.29, 0.717) is 11.8 Å². The minimum Gasteiger partial charge on any atom is -0.496 e. The van der Waals surface area contributed by atoms with E-state index in [2.05, 4.69) is 31.3 Å². The molecule has 2 nitrogen and oxygen atoms in total. The van der Waals surface area contributed by atoms with Crippen molar-refractivity contribution in [3.63, 3.8) is 0 Å². The lowest BCUT2D eigenvalue weighted by Crippen LogP contribution is -2.18. The Labute approximate surface area is 103 Å². The first-order chi connectivity index (χ1) is 7.63. The molecular weight excluding hydrogens is 222 g/mol. The second-order valence-corrected chi connectivity index (χ2v) is 4.46. The Morgan fingerprint density at radius 1 is 1.38 bits per heavy atom. The third-order valence-electron chi connectivity index (χ3n) is 2.78. The van der Waals surface area contributed by atoms with E-state index in [1.165, 1.54) is 11.1 Å². The molecule has 3 heteroatoms. The molecule has 1 unspecified atom stereocenters. The molecule has 0 heterocycles. The van der Waals surface area contributed by atoms with Gasteiger partial charge in [0.05, 0.1) is 7.11 Å². The Bertz CT molecular complexity index is 335. The van der Waals surface area contributed by atoms with Crippen molar-refractivity contribution in [3.8, 4) is 5.75 Å². The van der Waals surface area contributed by atoms with Crippen LogP contribution in [-0.4, -0.2) is 20.0 Å². The van der Waals surface area contributed by atoms with Crippen LogP contribution in [0.1, 0.15) is 36.9 Å². The van der Waals surface area contributed by atoms with Crippen molar-refractivity contribution >= 4 is 11.6 Å². The SMILES string of the molecule is CNC(CCl)c1ccc(OC)c(C(C)C)c1. The summed E-state index contributed by atoms with van der Waals surface area (Å²) in [6.07, 6.45) is 0. The number of hydrogen-bond donors (Lipinski definition) is 1. The fourth-order valence-electron chi connectivity index (χ4n) is 1.75. The zero-order valence-electron chi connectivity index (χ0n) is 10.4. The Morgan fingerprint density at radius 2 is 2.06 bits per heavy atom. The molecule has 16 heavy (non-hydrogen) atoms. The van der Waals surface area contributed by atoms with Gasteiger partial charge in [0, 0.05) is 11.9 Å². The normalized spacial score (nSPS) is 12.9. The van der Waals surface area contributed by atoms with Gasteiger partial charge in [0.15, 0.2) is 0 Å². The number of benzene rings is 1. The minimum atomic E-state index is 0.199. The predicted molar refractivity (Wildman–Crippen MR) is 69.6 cm³/mol. The molecule has 0 aliphatic heterocycles. The monoisotopic (exact) mass is 241 g/mol. The fourth-order valence-corrected chi connectivity index (χ4v) is 2.09. The number of nitrogens with one attached hydrogen (secondary N) is 1. The number of rotatable bonds is 5. The standard InChI is InChI=1S/C13H20ClNO/c1-9(2)11-7-10(12(8-14)15-3)5-6-13(11)16-4/h5-7,9,12,15H,8H2,1-4H3. The maximum absolute atomic E-state index is 5.91. The van der Waals surface area contributed by atoms with E-state index in [0.717, 1.165) is 5.75 Å².